The Bertz CT molecular complexity index is 922. The Balaban J connectivity index is 1.50. The summed E-state index contributed by atoms with van der Waals surface area (Å²) in [6.45, 7) is 6.33. The molecule has 4 nitrogen and oxygen atoms in total. The summed E-state index contributed by atoms with van der Waals surface area (Å²) in [6.07, 6.45) is 0. The maximum absolute atomic E-state index is 6.15. The van der Waals surface area contributed by atoms with Crippen LogP contribution in [0.5, 0.6) is 5.75 Å². The van der Waals surface area contributed by atoms with Crippen LogP contribution in [0.25, 0.3) is 10.2 Å². The third-order valence-corrected chi connectivity index (χ3v) is 6.31. The van der Waals surface area contributed by atoms with Crippen molar-refractivity contribution >= 4 is 55.6 Å². The summed E-state index contributed by atoms with van der Waals surface area (Å²) in [7, 11) is 0. The third-order valence-electron chi connectivity index (χ3n) is 4.49. The molecule has 26 heavy (non-hydrogen) atoms. The summed E-state index contributed by atoms with van der Waals surface area (Å²) in [4.78, 5) is 9.51. The van der Waals surface area contributed by atoms with E-state index in [0.29, 0.717) is 16.7 Å². The van der Waals surface area contributed by atoms with Crippen molar-refractivity contribution in [3.63, 3.8) is 0 Å². The van der Waals surface area contributed by atoms with Crippen LogP contribution < -0.4 is 14.5 Å². The van der Waals surface area contributed by atoms with Gasteiger partial charge in [0.25, 0.3) is 0 Å². The normalized spacial score (nSPS) is 14.9. The molecule has 1 saturated heterocycles. The second-order valence-corrected chi connectivity index (χ2v) is 7.93. The Morgan fingerprint density at radius 2 is 1.81 bits per heavy atom. The van der Waals surface area contributed by atoms with Gasteiger partial charge in [0.2, 0.25) is 0 Å². The van der Waals surface area contributed by atoms with Gasteiger partial charge in [-0.1, -0.05) is 40.6 Å². The van der Waals surface area contributed by atoms with Crippen LogP contribution in [-0.4, -0.2) is 37.8 Å². The van der Waals surface area contributed by atoms with E-state index in [2.05, 4.69) is 15.9 Å². The second-order valence-electron chi connectivity index (χ2n) is 6.10. The molecule has 0 unspecified atom stereocenters. The predicted octanol–water partition coefficient (Wildman–Crippen LogP) is 5.33. The molecule has 0 radical (unpaired) electrons. The van der Waals surface area contributed by atoms with Gasteiger partial charge in [-0.25, -0.2) is 4.98 Å². The minimum atomic E-state index is 0.591. The molecule has 0 aliphatic carbocycles. The number of piperazine rings is 1. The van der Waals surface area contributed by atoms with Crippen LogP contribution in [0.4, 0.5) is 10.8 Å². The van der Waals surface area contributed by atoms with Gasteiger partial charge in [0.15, 0.2) is 5.13 Å². The summed E-state index contributed by atoms with van der Waals surface area (Å²) < 4.78 is 6.87. The van der Waals surface area contributed by atoms with Crippen LogP contribution in [0.1, 0.15) is 6.92 Å². The van der Waals surface area contributed by atoms with Crippen molar-refractivity contribution in [3.8, 4) is 5.75 Å². The monoisotopic (exact) mass is 407 g/mol. The standard InChI is InChI=1S/C19H19Cl2N3OS/c1-2-25-16-4-3-5-17-18(16)22-19(26-17)24-10-8-23(9-11-24)13-6-7-14(20)15(21)12-13/h3-7,12H,2,8-11H2,1H3. The van der Waals surface area contributed by atoms with Crippen LogP contribution in [0.15, 0.2) is 36.4 Å². The zero-order valence-corrected chi connectivity index (χ0v) is 16.7. The number of nitrogens with zero attached hydrogens (tertiary/aromatic N) is 3. The second kappa shape index (κ2) is 7.51. The molecular weight excluding hydrogens is 389 g/mol. The molecule has 0 atom stereocenters. The van der Waals surface area contributed by atoms with Crippen LogP contribution in [0, 0.1) is 0 Å². The number of halogens is 2. The summed E-state index contributed by atoms with van der Waals surface area (Å²) in [6, 6.07) is 11.9. The quantitative estimate of drug-likeness (QED) is 0.584. The molecule has 0 N–H and O–H groups in total. The lowest BCUT2D eigenvalue weighted by atomic mass is 10.2. The van der Waals surface area contributed by atoms with E-state index in [4.69, 9.17) is 32.9 Å². The van der Waals surface area contributed by atoms with Crippen molar-refractivity contribution < 1.29 is 4.74 Å². The molecule has 136 valence electrons. The van der Waals surface area contributed by atoms with Gasteiger partial charge >= 0.3 is 0 Å². The number of ether oxygens (including phenoxy) is 1. The van der Waals surface area contributed by atoms with Crippen LogP contribution in [0.3, 0.4) is 0 Å². The van der Waals surface area contributed by atoms with Crippen molar-refractivity contribution in [2.45, 2.75) is 6.92 Å². The zero-order chi connectivity index (χ0) is 18.1. The van der Waals surface area contributed by atoms with E-state index in [1.807, 2.05) is 37.3 Å². The molecule has 0 spiro atoms. The highest BCUT2D eigenvalue weighted by molar-refractivity contribution is 7.22. The Morgan fingerprint density at radius 3 is 2.54 bits per heavy atom. The molecule has 0 saturated carbocycles. The number of para-hydroxylation sites is 1. The average molecular weight is 408 g/mol. The lowest BCUT2D eigenvalue weighted by molar-refractivity contribution is 0.344. The molecule has 2 heterocycles. The van der Waals surface area contributed by atoms with Gasteiger partial charge in [0.1, 0.15) is 11.3 Å². The topological polar surface area (TPSA) is 28.6 Å². The van der Waals surface area contributed by atoms with E-state index >= 15 is 0 Å². The summed E-state index contributed by atoms with van der Waals surface area (Å²) in [5.74, 6) is 0.863. The highest BCUT2D eigenvalue weighted by atomic mass is 35.5. The van der Waals surface area contributed by atoms with Gasteiger partial charge in [-0.3, -0.25) is 0 Å². The molecule has 1 aliphatic rings. The number of benzene rings is 2. The van der Waals surface area contributed by atoms with E-state index in [1.165, 1.54) is 0 Å². The Kier molecular flexibility index (Phi) is 5.11. The molecule has 2 aromatic carbocycles. The molecule has 1 aliphatic heterocycles. The van der Waals surface area contributed by atoms with Gasteiger partial charge in [0.05, 0.1) is 21.4 Å². The summed E-state index contributed by atoms with van der Waals surface area (Å²) in [5.41, 5.74) is 2.07. The van der Waals surface area contributed by atoms with Gasteiger partial charge in [-0.15, -0.1) is 0 Å². The first kappa shape index (κ1) is 17.7. The van der Waals surface area contributed by atoms with E-state index in [-0.39, 0.29) is 0 Å². The fourth-order valence-electron chi connectivity index (χ4n) is 3.16. The van der Waals surface area contributed by atoms with E-state index in [0.717, 1.165) is 53.0 Å². The number of thiazole rings is 1. The molecule has 4 rings (SSSR count). The lowest BCUT2D eigenvalue weighted by Crippen LogP contribution is -2.46. The largest absolute Gasteiger partial charge is 0.492 e. The molecule has 0 bridgehead atoms. The number of anilines is 2. The van der Waals surface area contributed by atoms with Crippen LogP contribution >= 0.6 is 34.5 Å². The number of hydrogen-bond donors (Lipinski definition) is 0. The van der Waals surface area contributed by atoms with Crippen molar-refractivity contribution in [2.24, 2.45) is 0 Å². The van der Waals surface area contributed by atoms with E-state index < -0.39 is 0 Å². The Morgan fingerprint density at radius 1 is 1.04 bits per heavy atom. The predicted molar refractivity (Wildman–Crippen MR) is 112 cm³/mol. The highest BCUT2D eigenvalue weighted by Crippen LogP contribution is 2.35. The first-order valence-electron chi connectivity index (χ1n) is 8.63. The maximum atomic E-state index is 6.15. The third kappa shape index (κ3) is 3.43. The van der Waals surface area contributed by atoms with Gasteiger partial charge in [-0.05, 0) is 37.3 Å². The molecule has 7 heteroatoms. The van der Waals surface area contributed by atoms with Crippen molar-refractivity contribution in [3.05, 3.63) is 46.4 Å². The SMILES string of the molecule is CCOc1cccc2sc(N3CCN(c4ccc(Cl)c(Cl)c4)CC3)nc12. The number of hydrogen-bond acceptors (Lipinski definition) is 5. The number of fused-ring (bicyclic) bond motifs is 1. The molecule has 1 fully saturated rings. The van der Waals surface area contributed by atoms with Crippen molar-refractivity contribution in [1.29, 1.82) is 0 Å². The highest BCUT2D eigenvalue weighted by Gasteiger charge is 2.21. The summed E-state index contributed by atoms with van der Waals surface area (Å²) >= 11 is 13.9. The lowest BCUT2D eigenvalue weighted by Gasteiger charge is -2.36. The molecular formula is C19H19Cl2N3OS. The fraction of sp³-hybridized carbons (Fsp3) is 0.316. The average Bonchev–Trinajstić information content (AvgIpc) is 3.10. The van der Waals surface area contributed by atoms with Gasteiger partial charge < -0.3 is 14.5 Å². The van der Waals surface area contributed by atoms with Gasteiger partial charge in [0, 0.05) is 31.9 Å². The maximum Gasteiger partial charge on any atom is 0.186 e. The van der Waals surface area contributed by atoms with E-state index in [9.17, 15) is 0 Å². The van der Waals surface area contributed by atoms with Crippen LogP contribution in [0.2, 0.25) is 10.0 Å². The first-order chi connectivity index (χ1) is 12.7. The number of rotatable bonds is 4. The zero-order valence-electron chi connectivity index (χ0n) is 14.4. The molecule has 3 aromatic rings. The first-order valence-corrected chi connectivity index (χ1v) is 10.2. The van der Waals surface area contributed by atoms with Crippen molar-refractivity contribution in [1.82, 2.24) is 4.98 Å². The fourth-order valence-corrected chi connectivity index (χ4v) is 4.48. The molecule has 0 amide bonds. The van der Waals surface area contributed by atoms with Crippen molar-refractivity contribution in [2.75, 3.05) is 42.6 Å². The van der Waals surface area contributed by atoms with Gasteiger partial charge in [-0.2, -0.15) is 0 Å². The summed E-state index contributed by atoms with van der Waals surface area (Å²) in [5, 5.41) is 2.25. The Hall–Kier alpha value is -1.69. The number of aromatic nitrogens is 1. The van der Waals surface area contributed by atoms with Crippen LogP contribution in [-0.2, 0) is 0 Å². The smallest absolute Gasteiger partial charge is 0.186 e. The van der Waals surface area contributed by atoms with E-state index in [1.54, 1.807) is 11.3 Å². The minimum absolute atomic E-state index is 0.591. The Labute approximate surface area is 166 Å². The molecule has 1 aromatic heterocycles. The minimum Gasteiger partial charge on any atom is -0.492 e.